The largest absolute Gasteiger partial charge is 0.521 e. The number of hydrogen-bond donors (Lipinski definition) is 4. The van der Waals surface area contributed by atoms with E-state index in [1.807, 2.05) is 30.3 Å². The smallest absolute Gasteiger partial charge is 0.445 e. The van der Waals surface area contributed by atoms with Crippen LogP contribution in [-0.4, -0.2) is 64.1 Å². The van der Waals surface area contributed by atoms with Crippen LogP contribution in [0, 0.1) is 0 Å². The van der Waals surface area contributed by atoms with Gasteiger partial charge in [0, 0.05) is 19.4 Å². The normalized spacial score (nSPS) is 23.2. The van der Waals surface area contributed by atoms with Crippen molar-refractivity contribution in [2.75, 3.05) is 13.1 Å². The summed E-state index contributed by atoms with van der Waals surface area (Å²) in [6, 6.07) is 7.88. The molecule has 1 heterocycles. The minimum Gasteiger partial charge on any atom is -0.445 e. The molecule has 2 rings (SSSR count). The number of aliphatic hydroxyl groups is 1. The number of benzene rings is 1. The average molecular weight is 408 g/mol. The number of carbonyl (C=O) groups is 3. The van der Waals surface area contributed by atoms with Crippen LogP contribution in [0.2, 0.25) is 0 Å². The molecule has 1 aromatic rings. The predicted octanol–water partition coefficient (Wildman–Crippen LogP) is 1.58. The highest BCUT2D eigenvalue weighted by Gasteiger charge is 2.54. The van der Waals surface area contributed by atoms with Crippen LogP contribution in [0.1, 0.15) is 38.2 Å². The number of carbonyl (C=O) groups excluding carboxylic acids is 2. The molecular formula is C20H30N3O6+. The van der Waals surface area contributed by atoms with E-state index < -0.39 is 34.7 Å². The van der Waals surface area contributed by atoms with E-state index in [1.165, 1.54) is 0 Å². The fourth-order valence-electron chi connectivity index (χ4n) is 3.65. The summed E-state index contributed by atoms with van der Waals surface area (Å²) in [7, 11) is 0. The number of amides is 3. The fourth-order valence-corrected chi connectivity index (χ4v) is 3.65. The van der Waals surface area contributed by atoms with Crippen molar-refractivity contribution in [2.24, 2.45) is 5.73 Å². The van der Waals surface area contributed by atoms with Crippen molar-refractivity contribution < 1.29 is 33.8 Å². The lowest BCUT2D eigenvalue weighted by Crippen LogP contribution is -2.63. The van der Waals surface area contributed by atoms with Gasteiger partial charge in [-0.15, -0.1) is 0 Å². The maximum Gasteiger partial charge on any atom is 0.521 e. The van der Waals surface area contributed by atoms with Crippen LogP contribution in [0.25, 0.3) is 0 Å². The number of nitrogens with zero attached hydrogens (tertiary/aromatic N) is 1. The Hall–Kier alpha value is -2.49. The van der Waals surface area contributed by atoms with Crippen molar-refractivity contribution in [3.8, 4) is 0 Å². The summed E-state index contributed by atoms with van der Waals surface area (Å²) in [6.07, 6.45) is -1.17. The Bertz CT molecular complexity index is 713. The summed E-state index contributed by atoms with van der Waals surface area (Å²) in [6.45, 7) is 2.05. The minimum atomic E-state index is -1.18. The van der Waals surface area contributed by atoms with Crippen LogP contribution in [0.4, 0.5) is 9.59 Å². The molecular weight excluding hydrogens is 378 g/mol. The maximum absolute atomic E-state index is 12.7. The third-order valence-corrected chi connectivity index (χ3v) is 5.44. The zero-order chi connectivity index (χ0) is 21.4. The quantitative estimate of drug-likeness (QED) is 0.479. The molecule has 3 unspecified atom stereocenters. The summed E-state index contributed by atoms with van der Waals surface area (Å²) in [5, 5.41) is 22.1. The van der Waals surface area contributed by atoms with Crippen LogP contribution in [0.5, 0.6) is 0 Å². The monoisotopic (exact) mass is 408 g/mol. The molecule has 0 bridgehead atoms. The van der Waals surface area contributed by atoms with Gasteiger partial charge in [0.25, 0.3) is 0 Å². The Morgan fingerprint density at radius 2 is 1.97 bits per heavy atom. The van der Waals surface area contributed by atoms with E-state index in [0.717, 1.165) is 5.56 Å². The average Bonchev–Trinajstić information content (AvgIpc) is 3.11. The van der Waals surface area contributed by atoms with Crippen LogP contribution in [0.3, 0.4) is 0 Å². The highest BCUT2D eigenvalue weighted by Crippen LogP contribution is 2.29. The van der Waals surface area contributed by atoms with Gasteiger partial charge in [-0.25, -0.2) is 9.59 Å². The molecule has 29 heavy (non-hydrogen) atoms. The Morgan fingerprint density at radius 3 is 2.55 bits per heavy atom. The van der Waals surface area contributed by atoms with Gasteiger partial charge in [0.15, 0.2) is 0 Å². The number of ether oxygens (including phenoxy) is 1. The molecule has 4 atom stereocenters. The minimum absolute atomic E-state index is 0.0517. The molecule has 9 nitrogen and oxygen atoms in total. The number of imide groups is 1. The summed E-state index contributed by atoms with van der Waals surface area (Å²) >= 11 is 0. The van der Waals surface area contributed by atoms with E-state index in [1.54, 1.807) is 6.92 Å². The van der Waals surface area contributed by atoms with Crippen molar-refractivity contribution in [2.45, 2.75) is 57.4 Å². The van der Waals surface area contributed by atoms with Gasteiger partial charge in [0.05, 0.1) is 12.6 Å². The lowest BCUT2D eigenvalue weighted by molar-refractivity contribution is -0.793. The van der Waals surface area contributed by atoms with Crippen LogP contribution in [-0.2, 0) is 16.1 Å². The highest BCUT2D eigenvalue weighted by atomic mass is 16.5. The highest BCUT2D eigenvalue weighted by molar-refractivity contribution is 5.84. The number of likely N-dealkylation sites (tertiary alicyclic amines) is 1. The van der Waals surface area contributed by atoms with Crippen LogP contribution < -0.4 is 11.1 Å². The summed E-state index contributed by atoms with van der Waals surface area (Å²) in [4.78, 5) is 36.2. The van der Waals surface area contributed by atoms with Gasteiger partial charge < -0.3 is 26.0 Å². The van der Waals surface area contributed by atoms with E-state index in [-0.39, 0.29) is 38.6 Å². The second kappa shape index (κ2) is 10.3. The van der Waals surface area contributed by atoms with Gasteiger partial charge in [-0.05, 0) is 25.3 Å². The molecule has 1 aromatic carbocycles. The molecule has 160 valence electrons. The van der Waals surface area contributed by atoms with Gasteiger partial charge in [-0.2, -0.15) is 9.28 Å². The summed E-state index contributed by atoms with van der Waals surface area (Å²) in [5.74, 6) is -0.537. The first-order valence-electron chi connectivity index (χ1n) is 9.81. The standard InChI is InChI=1S/C20H29N3O6/c1-14-6-5-11-23(14,20(27)28)18(25)17(21)10-9-16(24)12-22-19(26)29-13-15-7-3-2-4-8-15/h2-4,7-8,14,16-17,24H,5-6,9-13,21H2,1H3,(H-,22,26,27,28)/p+1/t14-,16?,17?,23?/m1/s1. The first-order chi connectivity index (χ1) is 13.8. The number of alkyl carbamates (subject to hydrolysis) is 1. The molecule has 3 amide bonds. The number of hydrogen-bond acceptors (Lipinski definition) is 6. The number of aliphatic hydroxyl groups excluding tert-OH is 1. The third kappa shape index (κ3) is 5.75. The van der Waals surface area contributed by atoms with Crippen molar-refractivity contribution in [3.05, 3.63) is 35.9 Å². The van der Waals surface area contributed by atoms with Crippen molar-refractivity contribution >= 4 is 18.1 Å². The van der Waals surface area contributed by atoms with E-state index in [9.17, 15) is 24.6 Å². The van der Waals surface area contributed by atoms with E-state index in [2.05, 4.69) is 5.32 Å². The van der Waals surface area contributed by atoms with E-state index in [4.69, 9.17) is 10.5 Å². The second-order valence-corrected chi connectivity index (χ2v) is 7.48. The third-order valence-electron chi connectivity index (χ3n) is 5.44. The molecule has 0 radical (unpaired) electrons. The number of nitrogens with one attached hydrogen (secondary N) is 1. The second-order valence-electron chi connectivity index (χ2n) is 7.48. The first-order valence-corrected chi connectivity index (χ1v) is 9.81. The molecule has 1 fully saturated rings. The molecule has 1 aliphatic heterocycles. The van der Waals surface area contributed by atoms with Crippen molar-refractivity contribution in [3.63, 3.8) is 0 Å². The number of quaternary nitrogens is 1. The van der Waals surface area contributed by atoms with Crippen molar-refractivity contribution in [1.29, 1.82) is 0 Å². The lowest BCUT2D eigenvalue weighted by Gasteiger charge is -2.31. The van der Waals surface area contributed by atoms with Crippen LogP contribution >= 0.6 is 0 Å². The number of carboxylic acid groups (broad SMARTS) is 1. The fraction of sp³-hybridized carbons (Fsp3) is 0.550. The SMILES string of the molecule is C[C@@H]1CCC[N+]1(C(=O)O)C(=O)C(N)CCC(O)CNC(=O)OCc1ccccc1. The van der Waals surface area contributed by atoms with Crippen LogP contribution in [0.15, 0.2) is 30.3 Å². The Labute approximate surface area is 170 Å². The van der Waals surface area contributed by atoms with Gasteiger partial charge in [0.2, 0.25) is 0 Å². The zero-order valence-electron chi connectivity index (χ0n) is 16.6. The van der Waals surface area contributed by atoms with E-state index >= 15 is 0 Å². The predicted molar refractivity (Wildman–Crippen MR) is 105 cm³/mol. The summed E-state index contributed by atoms with van der Waals surface area (Å²) < 4.78 is 4.40. The molecule has 0 saturated carbocycles. The molecule has 0 aliphatic carbocycles. The van der Waals surface area contributed by atoms with Gasteiger partial charge in [-0.1, -0.05) is 30.3 Å². The Kier molecular flexibility index (Phi) is 8.12. The lowest BCUT2D eigenvalue weighted by atomic mass is 10.1. The van der Waals surface area contributed by atoms with E-state index in [0.29, 0.717) is 12.8 Å². The summed E-state index contributed by atoms with van der Waals surface area (Å²) in [5.41, 5.74) is 6.79. The molecule has 9 heteroatoms. The van der Waals surface area contributed by atoms with Gasteiger partial charge in [-0.3, -0.25) is 0 Å². The first kappa shape index (κ1) is 22.8. The topological polar surface area (TPSA) is 139 Å². The zero-order valence-corrected chi connectivity index (χ0v) is 16.6. The van der Waals surface area contributed by atoms with Gasteiger partial charge in [0.1, 0.15) is 18.7 Å². The Balaban J connectivity index is 1.73. The Morgan fingerprint density at radius 1 is 1.28 bits per heavy atom. The van der Waals surface area contributed by atoms with Crippen molar-refractivity contribution in [1.82, 2.24) is 5.32 Å². The number of nitrogens with two attached hydrogens (primary N) is 1. The maximum atomic E-state index is 12.7. The van der Waals surface area contributed by atoms with Gasteiger partial charge >= 0.3 is 18.1 Å². The molecule has 0 aromatic heterocycles. The molecule has 1 aliphatic rings. The molecule has 0 spiro atoms. The number of rotatable bonds is 8. The molecule has 1 saturated heterocycles. The molecule has 5 N–H and O–H groups in total.